The molecule has 1 saturated carbocycles. The number of aryl methyl sites for hydroxylation is 2. The van der Waals surface area contributed by atoms with E-state index in [-0.39, 0.29) is 0 Å². The van der Waals surface area contributed by atoms with Crippen molar-refractivity contribution in [1.82, 2.24) is 15.5 Å². The maximum atomic E-state index is 4.07. The highest BCUT2D eigenvalue weighted by molar-refractivity contribution is 5.14. The van der Waals surface area contributed by atoms with Gasteiger partial charge in [0, 0.05) is 11.7 Å². The van der Waals surface area contributed by atoms with Crippen LogP contribution in [0.25, 0.3) is 0 Å². The summed E-state index contributed by atoms with van der Waals surface area (Å²) in [4.78, 5) is 0. The molecule has 0 saturated heterocycles. The number of nitrogens with zero attached hydrogens (tertiary/aromatic N) is 1. The van der Waals surface area contributed by atoms with Crippen LogP contribution in [0.4, 0.5) is 0 Å². The third kappa shape index (κ3) is 4.07. The van der Waals surface area contributed by atoms with Gasteiger partial charge >= 0.3 is 0 Å². The van der Waals surface area contributed by atoms with Crippen molar-refractivity contribution in [3.8, 4) is 0 Å². The van der Waals surface area contributed by atoms with Crippen molar-refractivity contribution < 1.29 is 0 Å². The second-order valence-corrected chi connectivity index (χ2v) is 7.07. The number of H-pyrrole nitrogens is 1. The van der Waals surface area contributed by atoms with Gasteiger partial charge in [-0.05, 0) is 62.5 Å². The van der Waals surface area contributed by atoms with E-state index in [0.717, 1.165) is 24.9 Å². The van der Waals surface area contributed by atoms with E-state index in [9.17, 15) is 0 Å². The molecule has 0 amide bonds. The molecule has 2 rings (SSSR count). The van der Waals surface area contributed by atoms with E-state index in [1.54, 1.807) is 0 Å². The molecule has 0 aliphatic heterocycles. The number of hydrogen-bond acceptors (Lipinski definition) is 2. The standard InChI is InChI=1S/C16H29N3/c1-12-10-16(3,4)8-7-15(12)17-9-5-6-14-11-18-19-13(14)2/h11-12,15,17H,5-10H2,1-4H3,(H,18,19). The van der Waals surface area contributed by atoms with Crippen molar-refractivity contribution in [2.45, 2.75) is 65.8 Å². The maximum absolute atomic E-state index is 4.07. The minimum atomic E-state index is 0.547. The molecule has 0 radical (unpaired) electrons. The Hall–Kier alpha value is -0.830. The van der Waals surface area contributed by atoms with Gasteiger partial charge in [0.2, 0.25) is 0 Å². The monoisotopic (exact) mass is 263 g/mol. The summed E-state index contributed by atoms with van der Waals surface area (Å²) in [6.45, 7) is 10.4. The van der Waals surface area contributed by atoms with Gasteiger partial charge in [-0.25, -0.2) is 0 Å². The fraction of sp³-hybridized carbons (Fsp3) is 0.812. The average Bonchev–Trinajstić information content (AvgIpc) is 2.72. The van der Waals surface area contributed by atoms with Crippen molar-refractivity contribution >= 4 is 0 Å². The van der Waals surface area contributed by atoms with Crippen LogP contribution in [0.3, 0.4) is 0 Å². The van der Waals surface area contributed by atoms with E-state index in [4.69, 9.17) is 0 Å². The largest absolute Gasteiger partial charge is 0.314 e. The molecule has 0 aromatic carbocycles. The number of aromatic amines is 1. The van der Waals surface area contributed by atoms with Crippen LogP contribution in [0.1, 0.15) is 57.7 Å². The van der Waals surface area contributed by atoms with Gasteiger partial charge in [0.15, 0.2) is 0 Å². The summed E-state index contributed by atoms with van der Waals surface area (Å²) in [5, 5.41) is 10.8. The van der Waals surface area contributed by atoms with Crippen LogP contribution >= 0.6 is 0 Å². The van der Waals surface area contributed by atoms with Gasteiger partial charge in [-0.2, -0.15) is 5.10 Å². The predicted octanol–water partition coefficient (Wildman–Crippen LogP) is 3.46. The average molecular weight is 263 g/mol. The lowest BCUT2D eigenvalue weighted by atomic mass is 9.70. The molecule has 1 aliphatic carbocycles. The summed E-state index contributed by atoms with van der Waals surface area (Å²) in [6.07, 6.45) is 8.33. The lowest BCUT2D eigenvalue weighted by Gasteiger charge is -2.39. The maximum Gasteiger partial charge on any atom is 0.0522 e. The van der Waals surface area contributed by atoms with Crippen molar-refractivity contribution in [3.05, 3.63) is 17.5 Å². The van der Waals surface area contributed by atoms with Crippen LogP contribution in [-0.4, -0.2) is 22.8 Å². The molecular formula is C16H29N3. The minimum absolute atomic E-state index is 0.547. The Morgan fingerprint density at radius 3 is 2.89 bits per heavy atom. The molecule has 2 unspecified atom stereocenters. The van der Waals surface area contributed by atoms with E-state index < -0.39 is 0 Å². The third-order valence-corrected chi connectivity index (χ3v) is 4.66. The Labute approximate surface area is 117 Å². The van der Waals surface area contributed by atoms with Crippen molar-refractivity contribution in [1.29, 1.82) is 0 Å². The van der Waals surface area contributed by atoms with Gasteiger partial charge in [0.25, 0.3) is 0 Å². The molecule has 3 heteroatoms. The van der Waals surface area contributed by atoms with Crippen LogP contribution in [-0.2, 0) is 6.42 Å². The minimum Gasteiger partial charge on any atom is -0.314 e. The van der Waals surface area contributed by atoms with E-state index >= 15 is 0 Å². The van der Waals surface area contributed by atoms with Crippen molar-refractivity contribution in [2.24, 2.45) is 11.3 Å². The first-order chi connectivity index (χ1) is 8.98. The molecule has 2 atom stereocenters. The summed E-state index contributed by atoms with van der Waals surface area (Å²) in [5.74, 6) is 0.805. The quantitative estimate of drug-likeness (QED) is 0.799. The van der Waals surface area contributed by atoms with E-state index in [1.807, 2.05) is 6.20 Å². The molecule has 2 N–H and O–H groups in total. The Morgan fingerprint density at radius 1 is 1.47 bits per heavy atom. The molecular weight excluding hydrogens is 234 g/mol. The second-order valence-electron chi connectivity index (χ2n) is 7.07. The molecule has 19 heavy (non-hydrogen) atoms. The Balaban J connectivity index is 1.68. The Kier molecular flexibility index (Phi) is 4.67. The fourth-order valence-corrected chi connectivity index (χ4v) is 3.44. The second kappa shape index (κ2) is 6.08. The summed E-state index contributed by atoms with van der Waals surface area (Å²) in [5.41, 5.74) is 3.12. The summed E-state index contributed by atoms with van der Waals surface area (Å²) in [7, 11) is 0. The van der Waals surface area contributed by atoms with Crippen LogP contribution in [0.2, 0.25) is 0 Å². The molecule has 3 nitrogen and oxygen atoms in total. The van der Waals surface area contributed by atoms with E-state index in [2.05, 4.69) is 43.2 Å². The highest BCUT2D eigenvalue weighted by atomic mass is 15.1. The van der Waals surface area contributed by atoms with Crippen LogP contribution in [0.15, 0.2) is 6.20 Å². The number of nitrogens with one attached hydrogen (secondary N) is 2. The molecule has 1 fully saturated rings. The molecule has 1 aromatic rings. The van der Waals surface area contributed by atoms with Gasteiger partial charge in [-0.1, -0.05) is 20.8 Å². The number of rotatable bonds is 5. The number of aromatic nitrogens is 2. The van der Waals surface area contributed by atoms with Crippen LogP contribution < -0.4 is 5.32 Å². The fourth-order valence-electron chi connectivity index (χ4n) is 3.44. The Bertz CT molecular complexity index is 394. The predicted molar refractivity (Wildman–Crippen MR) is 80.2 cm³/mol. The third-order valence-electron chi connectivity index (χ3n) is 4.66. The lowest BCUT2D eigenvalue weighted by Crippen LogP contribution is -2.42. The zero-order valence-electron chi connectivity index (χ0n) is 12.9. The first kappa shape index (κ1) is 14.6. The molecule has 0 spiro atoms. The normalized spacial score (nSPS) is 26.5. The lowest BCUT2D eigenvalue weighted by molar-refractivity contribution is 0.149. The smallest absolute Gasteiger partial charge is 0.0522 e. The van der Waals surface area contributed by atoms with Gasteiger partial charge in [0.05, 0.1) is 6.20 Å². The zero-order chi connectivity index (χ0) is 13.9. The highest BCUT2D eigenvalue weighted by Gasteiger charge is 2.31. The summed E-state index contributed by atoms with van der Waals surface area (Å²) >= 11 is 0. The van der Waals surface area contributed by atoms with Crippen molar-refractivity contribution in [2.75, 3.05) is 6.54 Å². The molecule has 1 aliphatic rings. The zero-order valence-corrected chi connectivity index (χ0v) is 12.9. The van der Waals surface area contributed by atoms with Gasteiger partial charge in [-0.15, -0.1) is 0 Å². The van der Waals surface area contributed by atoms with Crippen LogP contribution in [0, 0.1) is 18.3 Å². The first-order valence-electron chi connectivity index (χ1n) is 7.70. The van der Waals surface area contributed by atoms with Gasteiger partial charge in [-0.3, -0.25) is 5.10 Å². The van der Waals surface area contributed by atoms with E-state index in [1.165, 1.54) is 36.9 Å². The molecule has 1 aromatic heterocycles. The highest BCUT2D eigenvalue weighted by Crippen LogP contribution is 2.38. The summed E-state index contributed by atoms with van der Waals surface area (Å²) in [6, 6.07) is 0.721. The van der Waals surface area contributed by atoms with Gasteiger partial charge < -0.3 is 5.32 Å². The topological polar surface area (TPSA) is 40.7 Å². The summed E-state index contributed by atoms with van der Waals surface area (Å²) < 4.78 is 0. The van der Waals surface area contributed by atoms with Crippen LogP contribution in [0.5, 0.6) is 0 Å². The SMILES string of the molecule is Cc1[nH]ncc1CCCNC1CCC(C)(C)CC1C. The molecule has 108 valence electrons. The molecule has 1 heterocycles. The van der Waals surface area contributed by atoms with Gasteiger partial charge in [0.1, 0.15) is 0 Å². The number of hydrogen-bond donors (Lipinski definition) is 2. The van der Waals surface area contributed by atoms with E-state index in [0.29, 0.717) is 5.41 Å². The Morgan fingerprint density at radius 2 is 2.26 bits per heavy atom. The van der Waals surface area contributed by atoms with Crippen molar-refractivity contribution in [3.63, 3.8) is 0 Å². The first-order valence-corrected chi connectivity index (χ1v) is 7.70. The molecule has 0 bridgehead atoms.